The third-order valence-corrected chi connectivity index (χ3v) is 3.63. The molecule has 0 unspecified atom stereocenters. The number of anilines is 2. The van der Waals surface area contributed by atoms with Gasteiger partial charge in [0, 0.05) is 24.3 Å². The molecule has 0 atom stereocenters. The van der Waals surface area contributed by atoms with E-state index in [-0.39, 0.29) is 5.91 Å². The molecule has 1 N–H and O–H groups in total. The molecule has 0 spiro atoms. The molecule has 1 aromatic heterocycles. The van der Waals surface area contributed by atoms with Gasteiger partial charge in [-0.1, -0.05) is 18.2 Å². The summed E-state index contributed by atoms with van der Waals surface area (Å²) in [6, 6.07) is 12.1. The standard InChI is InChI=1S/C17H20N4O/c1-3-21(14-7-5-4-6-8-14)16-11-15(18-12(2)19-16)17(22)20-13-9-10-13/h4-8,11,13H,3,9-10H2,1-2H3,(H,20,22). The largest absolute Gasteiger partial charge is 0.348 e. The second kappa shape index (κ2) is 6.13. The van der Waals surface area contributed by atoms with Crippen LogP contribution in [0.2, 0.25) is 0 Å². The second-order valence-electron chi connectivity index (χ2n) is 5.49. The lowest BCUT2D eigenvalue weighted by molar-refractivity contribution is 0.0945. The van der Waals surface area contributed by atoms with Gasteiger partial charge in [0.05, 0.1) is 0 Å². The van der Waals surface area contributed by atoms with Crippen molar-refractivity contribution in [1.29, 1.82) is 0 Å². The average molecular weight is 296 g/mol. The number of carbonyl (C=O) groups excluding carboxylic acids is 1. The van der Waals surface area contributed by atoms with Gasteiger partial charge in [-0.15, -0.1) is 0 Å². The Bertz CT molecular complexity index is 668. The number of aryl methyl sites for hydroxylation is 1. The Kier molecular flexibility index (Phi) is 4.04. The molecular formula is C17H20N4O. The van der Waals surface area contributed by atoms with E-state index in [4.69, 9.17) is 0 Å². The summed E-state index contributed by atoms with van der Waals surface area (Å²) in [6.45, 7) is 4.65. The highest BCUT2D eigenvalue weighted by Gasteiger charge is 2.25. The molecular weight excluding hydrogens is 276 g/mol. The molecule has 0 saturated heterocycles. The van der Waals surface area contributed by atoms with Crippen LogP contribution >= 0.6 is 0 Å². The highest BCUT2D eigenvalue weighted by atomic mass is 16.2. The zero-order valence-electron chi connectivity index (χ0n) is 12.9. The van der Waals surface area contributed by atoms with Crippen molar-refractivity contribution in [2.75, 3.05) is 11.4 Å². The van der Waals surface area contributed by atoms with Crippen molar-refractivity contribution < 1.29 is 4.79 Å². The number of hydrogen-bond acceptors (Lipinski definition) is 4. The van der Waals surface area contributed by atoms with Gasteiger partial charge in [-0.25, -0.2) is 9.97 Å². The first-order valence-electron chi connectivity index (χ1n) is 7.66. The zero-order chi connectivity index (χ0) is 15.5. The average Bonchev–Trinajstić information content (AvgIpc) is 3.32. The van der Waals surface area contributed by atoms with Gasteiger partial charge in [-0.2, -0.15) is 0 Å². The molecule has 2 aromatic rings. The monoisotopic (exact) mass is 296 g/mol. The van der Waals surface area contributed by atoms with Crippen LogP contribution in [0.4, 0.5) is 11.5 Å². The smallest absolute Gasteiger partial charge is 0.270 e. The molecule has 0 bridgehead atoms. The number of para-hydroxylation sites is 1. The molecule has 0 radical (unpaired) electrons. The van der Waals surface area contributed by atoms with E-state index in [0.717, 1.165) is 30.9 Å². The first kappa shape index (κ1) is 14.5. The van der Waals surface area contributed by atoms with Gasteiger partial charge in [-0.3, -0.25) is 4.79 Å². The molecule has 1 aromatic carbocycles. The Morgan fingerprint density at radius 3 is 2.64 bits per heavy atom. The van der Waals surface area contributed by atoms with Crippen molar-refractivity contribution >= 4 is 17.4 Å². The van der Waals surface area contributed by atoms with Crippen LogP contribution in [0.25, 0.3) is 0 Å². The molecule has 5 heteroatoms. The van der Waals surface area contributed by atoms with Crippen molar-refractivity contribution in [2.45, 2.75) is 32.7 Å². The number of carbonyl (C=O) groups is 1. The van der Waals surface area contributed by atoms with Gasteiger partial charge in [0.1, 0.15) is 17.3 Å². The Morgan fingerprint density at radius 2 is 2.00 bits per heavy atom. The van der Waals surface area contributed by atoms with Gasteiger partial charge in [0.2, 0.25) is 0 Å². The fourth-order valence-electron chi connectivity index (χ4n) is 2.38. The van der Waals surface area contributed by atoms with Gasteiger partial charge >= 0.3 is 0 Å². The second-order valence-corrected chi connectivity index (χ2v) is 5.49. The lowest BCUT2D eigenvalue weighted by Crippen LogP contribution is -2.27. The first-order chi connectivity index (χ1) is 10.7. The SMILES string of the molecule is CCN(c1ccccc1)c1cc(C(=O)NC2CC2)nc(C)n1. The van der Waals surface area contributed by atoms with Crippen LogP contribution in [0.5, 0.6) is 0 Å². The molecule has 1 amide bonds. The van der Waals surface area contributed by atoms with Crippen LogP contribution in [0.15, 0.2) is 36.4 Å². The fourth-order valence-corrected chi connectivity index (χ4v) is 2.38. The van der Waals surface area contributed by atoms with E-state index in [2.05, 4.69) is 27.1 Å². The summed E-state index contributed by atoms with van der Waals surface area (Å²) in [7, 11) is 0. The van der Waals surface area contributed by atoms with Gasteiger partial charge in [0.15, 0.2) is 0 Å². The topological polar surface area (TPSA) is 58.1 Å². The minimum Gasteiger partial charge on any atom is -0.348 e. The molecule has 1 aliphatic rings. The normalized spacial score (nSPS) is 13.7. The van der Waals surface area contributed by atoms with Crippen LogP contribution in [-0.4, -0.2) is 28.5 Å². The van der Waals surface area contributed by atoms with E-state index in [1.54, 1.807) is 6.07 Å². The number of rotatable bonds is 5. The number of nitrogens with zero attached hydrogens (tertiary/aromatic N) is 3. The third-order valence-electron chi connectivity index (χ3n) is 3.63. The Labute approximate surface area is 130 Å². The number of nitrogens with one attached hydrogen (secondary N) is 1. The maximum atomic E-state index is 12.2. The molecule has 1 heterocycles. The van der Waals surface area contributed by atoms with Gasteiger partial charge in [0.25, 0.3) is 5.91 Å². The minimum absolute atomic E-state index is 0.113. The summed E-state index contributed by atoms with van der Waals surface area (Å²) < 4.78 is 0. The third kappa shape index (κ3) is 3.24. The summed E-state index contributed by atoms with van der Waals surface area (Å²) in [5.74, 6) is 1.24. The molecule has 3 rings (SSSR count). The molecule has 114 valence electrons. The van der Waals surface area contributed by atoms with Crippen molar-refractivity contribution in [3.05, 3.63) is 47.9 Å². The van der Waals surface area contributed by atoms with E-state index >= 15 is 0 Å². The van der Waals surface area contributed by atoms with Crippen molar-refractivity contribution in [3.63, 3.8) is 0 Å². The van der Waals surface area contributed by atoms with E-state index in [9.17, 15) is 4.79 Å². The maximum Gasteiger partial charge on any atom is 0.270 e. The van der Waals surface area contributed by atoms with Crippen LogP contribution in [0.3, 0.4) is 0 Å². The Hall–Kier alpha value is -2.43. The van der Waals surface area contributed by atoms with Crippen LogP contribution < -0.4 is 10.2 Å². The summed E-state index contributed by atoms with van der Waals surface area (Å²) in [5.41, 5.74) is 1.49. The Morgan fingerprint density at radius 1 is 1.27 bits per heavy atom. The quantitative estimate of drug-likeness (QED) is 0.921. The summed E-state index contributed by atoms with van der Waals surface area (Å²) in [6.07, 6.45) is 2.13. The molecule has 1 saturated carbocycles. The zero-order valence-corrected chi connectivity index (χ0v) is 12.9. The van der Waals surface area contributed by atoms with Crippen LogP contribution in [0.1, 0.15) is 36.1 Å². The predicted octanol–water partition coefficient (Wildman–Crippen LogP) is 2.84. The van der Waals surface area contributed by atoms with Crippen LogP contribution in [0, 0.1) is 6.92 Å². The minimum atomic E-state index is -0.113. The number of hydrogen-bond donors (Lipinski definition) is 1. The molecule has 1 fully saturated rings. The summed E-state index contributed by atoms with van der Waals surface area (Å²) in [5, 5.41) is 2.97. The first-order valence-corrected chi connectivity index (χ1v) is 7.66. The predicted molar refractivity (Wildman–Crippen MR) is 86.4 cm³/mol. The summed E-state index contributed by atoms with van der Waals surface area (Å²) in [4.78, 5) is 23.1. The molecule has 0 aliphatic heterocycles. The molecule has 5 nitrogen and oxygen atoms in total. The van der Waals surface area contributed by atoms with Crippen molar-refractivity contribution in [3.8, 4) is 0 Å². The molecule has 22 heavy (non-hydrogen) atoms. The molecule has 1 aliphatic carbocycles. The van der Waals surface area contributed by atoms with E-state index in [0.29, 0.717) is 17.6 Å². The van der Waals surface area contributed by atoms with E-state index in [1.165, 1.54) is 0 Å². The van der Waals surface area contributed by atoms with Crippen molar-refractivity contribution in [2.24, 2.45) is 0 Å². The maximum absolute atomic E-state index is 12.2. The highest BCUT2D eigenvalue weighted by Crippen LogP contribution is 2.24. The number of benzene rings is 1. The van der Waals surface area contributed by atoms with Gasteiger partial charge < -0.3 is 10.2 Å². The van der Waals surface area contributed by atoms with Gasteiger partial charge in [-0.05, 0) is 38.8 Å². The van der Waals surface area contributed by atoms with E-state index < -0.39 is 0 Å². The van der Waals surface area contributed by atoms with E-state index in [1.807, 2.05) is 37.3 Å². The summed E-state index contributed by atoms with van der Waals surface area (Å²) >= 11 is 0. The van der Waals surface area contributed by atoms with Crippen LogP contribution in [-0.2, 0) is 0 Å². The Balaban J connectivity index is 1.91. The lowest BCUT2D eigenvalue weighted by Gasteiger charge is -2.22. The van der Waals surface area contributed by atoms with Crippen molar-refractivity contribution in [1.82, 2.24) is 15.3 Å². The fraction of sp³-hybridized carbons (Fsp3) is 0.353. The number of amides is 1. The number of aromatic nitrogens is 2. The highest BCUT2D eigenvalue weighted by molar-refractivity contribution is 5.93. The lowest BCUT2D eigenvalue weighted by atomic mass is 10.2.